The third-order valence-electron chi connectivity index (χ3n) is 6.88. The number of para-hydroxylation sites is 1. The SMILES string of the molecule is CN/N=C(/N)c1c(C=O)c(C2CCN(C)C2)cn1-c1ccc(Oc2ccccc2)cc1.O=C/C=C/C1CCN1. The summed E-state index contributed by atoms with van der Waals surface area (Å²) >= 11 is 0. The van der Waals surface area contributed by atoms with Crippen LogP contribution in [-0.2, 0) is 4.79 Å². The number of nitrogens with zero attached hydrogens (tertiary/aromatic N) is 3. The van der Waals surface area contributed by atoms with Crippen molar-refractivity contribution in [1.82, 2.24) is 20.2 Å². The second-order valence-electron chi connectivity index (χ2n) is 9.58. The number of carbonyl (C=O) groups excluding carboxylic acids is 2. The van der Waals surface area contributed by atoms with E-state index in [1.165, 1.54) is 12.5 Å². The van der Waals surface area contributed by atoms with Gasteiger partial charge in [-0.1, -0.05) is 24.3 Å². The molecule has 9 nitrogen and oxygen atoms in total. The summed E-state index contributed by atoms with van der Waals surface area (Å²) in [5, 5.41) is 7.28. The van der Waals surface area contributed by atoms with Gasteiger partial charge in [0.25, 0.3) is 0 Å². The predicted octanol–water partition coefficient (Wildman–Crippen LogP) is 3.44. The summed E-state index contributed by atoms with van der Waals surface area (Å²) in [4.78, 5) is 24.1. The molecule has 1 aromatic heterocycles. The summed E-state index contributed by atoms with van der Waals surface area (Å²) in [6.07, 6.45) is 9.32. The van der Waals surface area contributed by atoms with Crippen LogP contribution in [0.15, 0.2) is 78.0 Å². The van der Waals surface area contributed by atoms with Gasteiger partial charge in [0.05, 0.1) is 0 Å². The molecule has 2 aliphatic rings. The molecule has 0 radical (unpaired) electrons. The maximum atomic E-state index is 12.1. The van der Waals surface area contributed by atoms with Crippen LogP contribution in [0.2, 0.25) is 0 Å². The van der Waals surface area contributed by atoms with Crippen LogP contribution in [0.5, 0.6) is 11.5 Å². The van der Waals surface area contributed by atoms with Crippen molar-refractivity contribution in [2.45, 2.75) is 24.8 Å². The van der Waals surface area contributed by atoms with Gasteiger partial charge in [-0.3, -0.25) is 9.59 Å². The molecule has 2 atom stereocenters. The van der Waals surface area contributed by atoms with Gasteiger partial charge in [0, 0.05) is 43.0 Å². The second-order valence-corrected chi connectivity index (χ2v) is 9.58. The summed E-state index contributed by atoms with van der Waals surface area (Å²) < 4.78 is 7.84. The van der Waals surface area contributed by atoms with Gasteiger partial charge in [-0.05, 0) is 81.0 Å². The molecule has 2 saturated heterocycles. The summed E-state index contributed by atoms with van der Waals surface area (Å²) in [6.45, 7) is 3.01. The average molecular weight is 529 g/mol. The molecular formula is C30H36N6O3. The zero-order valence-electron chi connectivity index (χ0n) is 22.4. The number of likely N-dealkylation sites (N-methyl/N-ethyl adjacent to an activating group) is 1. The highest BCUT2D eigenvalue weighted by atomic mass is 16.5. The van der Waals surface area contributed by atoms with Crippen molar-refractivity contribution in [2.75, 3.05) is 33.7 Å². The van der Waals surface area contributed by atoms with E-state index in [0.29, 0.717) is 17.3 Å². The predicted molar refractivity (Wildman–Crippen MR) is 154 cm³/mol. The number of rotatable bonds is 9. The fourth-order valence-electron chi connectivity index (χ4n) is 4.77. The maximum absolute atomic E-state index is 12.1. The minimum atomic E-state index is 0.270. The summed E-state index contributed by atoms with van der Waals surface area (Å²) in [5.41, 5.74) is 12.1. The van der Waals surface area contributed by atoms with Crippen molar-refractivity contribution in [2.24, 2.45) is 10.8 Å². The molecule has 2 aromatic carbocycles. The lowest BCUT2D eigenvalue weighted by Gasteiger charge is -2.23. The first-order chi connectivity index (χ1) is 19.0. The van der Waals surface area contributed by atoms with Crippen LogP contribution in [0.4, 0.5) is 0 Å². The van der Waals surface area contributed by atoms with Gasteiger partial charge in [-0.15, -0.1) is 0 Å². The number of ether oxygens (including phenoxy) is 1. The Bertz CT molecular complexity index is 1300. The molecule has 4 N–H and O–H groups in total. The molecule has 0 saturated carbocycles. The molecule has 5 rings (SSSR count). The average Bonchev–Trinajstić information content (AvgIpc) is 3.53. The zero-order valence-corrected chi connectivity index (χ0v) is 22.4. The molecule has 0 spiro atoms. The van der Waals surface area contributed by atoms with E-state index in [2.05, 4.69) is 27.8 Å². The lowest BCUT2D eigenvalue weighted by Crippen LogP contribution is -2.41. The van der Waals surface area contributed by atoms with Gasteiger partial charge >= 0.3 is 0 Å². The van der Waals surface area contributed by atoms with Crippen molar-refractivity contribution >= 4 is 18.4 Å². The van der Waals surface area contributed by atoms with E-state index < -0.39 is 0 Å². The Morgan fingerprint density at radius 3 is 2.38 bits per heavy atom. The number of hydrogen-bond donors (Lipinski definition) is 3. The number of likely N-dealkylation sites (tertiary alicyclic amines) is 1. The topological polar surface area (TPSA) is 114 Å². The number of nitrogens with one attached hydrogen (secondary N) is 2. The lowest BCUT2D eigenvalue weighted by atomic mass is 9.96. The second kappa shape index (κ2) is 13.5. The van der Waals surface area contributed by atoms with Gasteiger partial charge in [-0.2, -0.15) is 5.10 Å². The van der Waals surface area contributed by atoms with Crippen LogP contribution in [0.3, 0.4) is 0 Å². The van der Waals surface area contributed by atoms with Crippen LogP contribution in [-0.4, -0.2) is 67.6 Å². The molecule has 3 heterocycles. The lowest BCUT2D eigenvalue weighted by molar-refractivity contribution is -0.104. The summed E-state index contributed by atoms with van der Waals surface area (Å²) in [6, 6.07) is 17.8. The van der Waals surface area contributed by atoms with Crippen LogP contribution in [0.25, 0.3) is 5.69 Å². The Morgan fingerprint density at radius 2 is 1.82 bits per heavy atom. The van der Waals surface area contributed by atoms with Gasteiger partial charge in [0.2, 0.25) is 0 Å². The molecule has 0 bridgehead atoms. The number of benzene rings is 2. The van der Waals surface area contributed by atoms with E-state index in [1.807, 2.05) is 71.4 Å². The maximum Gasteiger partial charge on any atom is 0.168 e. The van der Waals surface area contributed by atoms with E-state index in [1.54, 1.807) is 7.05 Å². The molecule has 2 unspecified atom stereocenters. The van der Waals surface area contributed by atoms with E-state index in [4.69, 9.17) is 10.5 Å². The van der Waals surface area contributed by atoms with Crippen LogP contribution < -0.4 is 21.2 Å². The van der Waals surface area contributed by atoms with Crippen molar-refractivity contribution in [3.05, 3.63) is 89.8 Å². The van der Waals surface area contributed by atoms with Crippen LogP contribution in [0, 0.1) is 0 Å². The smallest absolute Gasteiger partial charge is 0.168 e. The van der Waals surface area contributed by atoms with Crippen molar-refractivity contribution in [3.63, 3.8) is 0 Å². The van der Waals surface area contributed by atoms with Crippen molar-refractivity contribution in [1.29, 1.82) is 0 Å². The largest absolute Gasteiger partial charge is 0.457 e. The monoisotopic (exact) mass is 528 g/mol. The van der Waals surface area contributed by atoms with E-state index >= 15 is 0 Å². The van der Waals surface area contributed by atoms with E-state index in [-0.39, 0.29) is 11.8 Å². The standard InChI is InChI=1S/C24H27N5O2.C6H9NO/c1-26-27-24(25)23-22(16-30)21(17-12-13-28(2)14-17)15-29(23)18-8-10-20(11-9-18)31-19-6-4-3-5-7-19;8-5-1-2-6-3-4-7-6/h3-11,15-17,26H,12-14H2,1-2H3,(H2,25,27);1-2,5-7H,3-4H2/b;2-1+. The van der Waals surface area contributed by atoms with Gasteiger partial charge < -0.3 is 30.7 Å². The summed E-state index contributed by atoms with van der Waals surface area (Å²) in [7, 11) is 3.78. The number of nitrogens with two attached hydrogens (primary N) is 1. The first-order valence-electron chi connectivity index (χ1n) is 13.1. The normalized spacial score (nSPS) is 19.2. The van der Waals surface area contributed by atoms with Crippen LogP contribution >= 0.6 is 0 Å². The fourth-order valence-corrected chi connectivity index (χ4v) is 4.77. The Labute approximate surface area is 229 Å². The molecule has 2 fully saturated rings. The molecule has 0 aliphatic carbocycles. The number of allylic oxidation sites excluding steroid dienone is 1. The Balaban J connectivity index is 0.000000379. The number of hydrogen-bond acceptors (Lipinski definition) is 7. The number of aldehydes is 2. The zero-order chi connectivity index (χ0) is 27.6. The molecular weight excluding hydrogens is 492 g/mol. The fraction of sp³-hybridized carbons (Fsp3) is 0.300. The first kappa shape index (κ1) is 27.8. The highest BCUT2D eigenvalue weighted by Gasteiger charge is 2.28. The highest BCUT2D eigenvalue weighted by Crippen LogP contribution is 2.33. The Hall–Kier alpha value is -4.21. The van der Waals surface area contributed by atoms with Crippen molar-refractivity contribution < 1.29 is 14.3 Å². The van der Waals surface area contributed by atoms with Crippen LogP contribution in [0.1, 0.15) is 40.4 Å². The highest BCUT2D eigenvalue weighted by molar-refractivity contribution is 6.04. The minimum Gasteiger partial charge on any atom is -0.457 e. The quantitative estimate of drug-likeness (QED) is 0.128. The summed E-state index contributed by atoms with van der Waals surface area (Å²) in [5.74, 6) is 2.06. The number of amidine groups is 1. The Kier molecular flexibility index (Phi) is 9.66. The van der Waals surface area contributed by atoms with Crippen molar-refractivity contribution in [3.8, 4) is 17.2 Å². The number of aromatic nitrogens is 1. The molecule has 0 amide bonds. The molecule has 9 heteroatoms. The molecule has 2 aliphatic heterocycles. The molecule has 39 heavy (non-hydrogen) atoms. The Morgan fingerprint density at radius 1 is 1.10 bits per heavy atom. The van der Waals surface area contributed by atoms with Gasteiger partial charge in [0.15, 0.2) is 12.1 Å². The molecule has 204 valence electrons. The third kappa shape index (κ3) is 7.01. The van der Waals surface area contributed by atoms with E-state index in [0.717, 1.165) is 61.4 Å². The minimum absolute atomic E-state index is 0.270. The van der Waals surface area contributed by atoms with Gasteiger partial charge in [0.1, 0.15) is 23.5 Å². The third-order valence-corrected chi connectivity index (χ3v) is 6.88. The number of carbonyl (C=O) groups is 2. The van der Waals surface area contributed by atoms with Gasteiger partial charge in [-0.25, -0.2) is 0 Å². The van der Waals surface area contributed by atoms with E-state index in [9.17, 15) is 9.59 Å². The first-order valence-corrected chi connectivity index (χ1v) is 13.1. The number of hydrazone groups is 1. The molecule has 3 aromatic rings.